The maximum absolute atomic E-state index is 12.1. The van der Waals surface area contributed by atoms with Crippen molar-refractivity contribution in [3.63, 3.8) is 0 Å². The minimum atomic E-state index is -3.61. The highest BCUT2D eigenvalue weighted by Crippen LogP contribution is 2.32. The highest BCUT2D eigenvalue weighted by atomic mass is 32.2. The summed E-state index contributed by atoms with van der Waals surface area (Å²) in [6.07, 6.45) is 0.365. The van der Waals surface area contributed by atoms with Crippen molar-refractivity contribution in [3.05, 3.63) is 18.2 Å². The van der Waals surface area contributed by atoms with Gasteiger partial charge in [-0.15, -0.1) is 0 Å². The van der Waals surface area contributed by atoms with E-state index in [2.05, 4.69) is 4.72 Å². The summed E-state index contributed by atoms with van der Waals surface area (Å²) in [4.78, 5) is 0.126. The van der Waals surface area contributed by atoms with E-state index in [4.69, 9.17) is 14.6 Å². The third-order valence-corrected chi connectivity index (χ3v) is 4.33. The average molecular weight is 287 g/mol. The Bertz CT molecular complexity index is 543. The van der Waals surface area contributed by atoms with Gasteiger partial charge in [0.25, 0.3) is 0 Å². The fourth-order valence-electron chi connectivity index (χ4n) is 1.78. The van der Waals surface area contributed by atoms with Gasteiger partial charge in [-0.05, 0) is 25.5 Å². The van der Waals surface area contributed by atoms with E-state index < -0.39 is 10.0 Å². The lowest BCUT2D eigenvalue weighted by Gasteiger charge is -2.19. The summed E-state index contributed by atoms with van der Waals surface area (Å²) in [6, 6.07) is 4.17. The first-order valence-electron chi connectivity index (χ1n) is 6.06. The summed E-state index contributed by atoms with van der Waals surface area (Å²) >= 11 is 0. The molecule has 0 radical (unpaired) electrons. The molecule has 1 unspecified atom stereocenters. The summed E-state index contributed by atoms with van der Waals surface area (Å²) in [7, 11) is -3.61. The predicted octanol–water partition coefficient (Wildman–Crippen LogP) is 0.507. The van der Waals surface area contributed by atoms with Crippen molar-refractivity contribution in [2.45, 2.75) is 24.3 Å². The molecule has 0 aliphatic carbocycles. The van der Waals surface area contributed by atoms with Gasteiger partial charge in [0.05, 0.1) is 4.90 Å². The monoisotopic (exact) mass is 287 g/mol. The summed E-state index contributed by atoms with van der Waals surface area (Å²) in [5.74, 6) is 0.984. The molecule has 19 heavy (non-hydrogen) atoms. The van der Waals surface area contributed by atoms with Crippen LogP contribution in [0.3, 0.4) is 0 Å². The number of nitrogens with one attached hydrogen (secondary N) is 1. The van der Waals surface area contributed by atoms with E-state index in [1.165, 1.54) is 12.1 Å². The molecule has 1 aliphatic heterocycles. The molecule has 2 rings (SSSR count). The number of rotatable bonds is 5. The summed E-state index contributed by atoms with van der Waals surface area (Å²) in [5, 5.41) is 8.79. The molecule has 1 atom stereocenters. The molecular formula is C12H17NO5S. The first kappa shape index (κ1) is 14.1. The van der Waals surface area contributed by atoms with Crippen molar-refractivity contribution in [3.8, 4) is 11.5 Å². The van der Waals surface area contributed by atoms with Crippen LogP contribution in [0.2, 0.25) is 0 Å². The van der Waals surface area contributed by atoms with Crippen LogP contribution in [0.4, 0.5) is 0 Å². The fourth-order valence-corrected chi connectivity index (χ4v) is 3.07. The molecule has 1 aliphatic rings. The Kier molecular flexibility index (Phi) is 4.28. The van der Waals surface area contributed by atoms with Crippen molar-refractivity contribution in [2.75, 3.05) is 19.8 Å². The van der Waals surface area contributed by atoms with E-state index in [1.54, 1.807) is 13.0 Å². The van der Waals surface area contributed by atoms with Crippen LogP contribution in [0.25, 0.3) is 0 Å². The third kappa shape index (κ3) is 3.37. The van der Waals surface area contributed by atoms with Gasteiger partial charge in [0, 0.05) is 18.7 Å². The maximum atomic E-state index is 12.1. The quantitative estimate of drug-likeness (QED) is 0.824. The lowest BCUT2D eigenvalue weighted by Crippen LogP contribution is -2.33. The van der Waals surface area contributed by atoms with Crippen LogP contribution in [0.15, 0.2) is 23.1 Å². The molecule has 7 heteroatoms. The lowest BCUT2D eigenvalue weighted by molar-refractivity contribution is 0.171. The van der Waals surface area contributed by atoms with E-state index in [0.717, 1.165) is 0 Å². The number of hydrogen-bond acceptors (Lipinski definition) is 5. The van der Waals surface area contributed by atoms with Gasteiger partial charge in [-0.1, -0.05) is 0 Å². The number of fused-ring (bicyclic) bond motifs is 1. The van der Waals surface area contributed by atoms with E-state index in [9.17, 15) is 8.42 Å². The Morgan fingerprint density at radius 1 is 1.32 bits per heavy atom. The number of sulfonamides is 1. The largest absolute Gasteiger partial charge is 0.486 e. The lowest BCUT2D eigenvalue weighted by atomic mass is 10.3. The Balaban J connectivity index is 2.21. The molecule has 1 heterocycles. The minimum absolute atomic E-state index is 0.0647. The van der Waals surface area contributed by atoms with Crippen LogP contribution in [-0.2, 0) is 10.0 Å². The van der Waals surface area contributed by atoms with E-state index in [-0.39, 0.29) is 17.5 Å². The molecular weight excluding hydrogens is 270 g/mol. The average Bonchev–Trinajstić information content (AvgIpc) is 2.37. The Morgan fingerprint density at radius 3 is 2.68 bits per heavy atom. The molecule has 2 N–H and O–H groups in total. The van der Waals surface area contributed by atoms with Crippen LogP contribution in [0.5, 0.6) is 11.5 Å². The highest BCUT2D eigenvalue weighted by Gasteiger charge is 2.20. The van der Waals surface area contributed by atoms with Crippen molar-refractivity contribution >= 4 is 10.0 Å². The number of hydrogen-bond donors (Lipinski definition) is 2. The standard InChI is InChI=1S/C12H17NO5S/c1-9(4-5-14)13-19(15,16)10-2-3-11-12(8-10)18-7-6-17-11/h2-3,8-9,13-14H,4-7H2,1H3. The van der Waals surface area contributed by atoms with Gasteiger partial charge >= 0.3 is 0 Å². The molecule has 0 amide bonds. The maximum Gasteiger partial charge on any atom is 0.240 e. The zero-order chi connectivity index (χ0) is 13.9. The van der Waals surface area contributed by atoms with Gasteiger partial charge in [-0.3, -0.25) is 0 Å². The summed E-state index contributed by atoms with van der Waals surface area (Å²) in [6.45, 7) is 2.51. The van der Waals surface area contributed by atoms with Crippen LogP contribution in [0.1, 0.15) is 13.3 Å². The van der Waals surface area contributed by atoms with Crippen molar-refractivity contribution in [2.24, 2.45) is 0 Å². The first-order valence-corrected chi connectivity index (χ1v) is 7.54. The van der Waals surface area contributed by atoms with Crippen molar-refractivity contribution in [1.29, 1.82) is 0 Å². The van der Waals surface area contributed by atoms with E-state index in [1.807, 2.05) is 0 Å². The van der Waals surface area contributed by atoms with Crippen LogP contribution in [-0.4, -0.2) is 39.4 Å². The summed E-state index contributed by atoms with van der Waals surface area (Å²) < 4.78 is 37.4. The van der Waals surface area contributed by atoms with E-state index in [0.29, 0.717) is 31.1 Å². The van der Waals surface area contributed by atoms with Crippen molar-refractivity contribution < 1.29 is 23.0 Å². The second-order valence-electron chi connectivity index (χ2n) is 4.34. The molecule has 0 spiro atoms. The molecule has 0 fully saturated rings. The number of ether oxygens (including phenoxy) is 2. The SMILES string of the molecule is CC(CCO)NS(=O)(=O)c1ccc2c(c1)OCCO2. The van der Waals surface area contributed by atoms with Gasteiger partial charge in [0.2, 0.25) is 10.0 Å². The molecule has 106 valence electrons. The zero-order valence-electron chi connectivity index (χ0n) is 10.6. The third-order valence-electron chi connectivity index (χ3n) is 2.74. The van der Waals surface area contributed by atoms with Crippen LogP contribution in [0, 0.1) is 0 Å². The van der Waals surface area contributed by atoms with Gasteiger partial charge in [0.1, 0.15) is 13.2 Å². The molecule has 0 aromatic heterocycles. The van der Waals surface area contributed by atoms with Gasteiger partial charge in [-0.25, -0.2) is 13.1 Å². The fraction of sp³-hybridized carbons (Fsp3) is 0.500. The molecule has 1 aromatic rings. The molecule has 0 saturated heterocycles. The first-order chi connectivity index (χ1) is 9.03. The molecule has 1 aromatic carbocycles. The van der Waals surface area contributed by atoms with E-state index >= 15 is 0 Å². The van der Waals surface area contributed by atoms with Crippen molar-refractivity contribution in [1.82, 2.24) is 4.72 Å². The number of aliphatic hydroxyl groups excluding tert-OH is 1. The van der Waals surface area contributed by atoms with Gasteiger partial charge in [-0.2, -0.15) is 0 Å². The second-order valence-corrected chi connectivity index (χ2v) is 6.05. The Labute approximate surface area is 112 Å². The van der Waals surface area contributed by atoms with Gasteiger partial charge < -0.3 is 14.6 Å². The smallest absolute Gasteiger partial charge is 0.240 e. The van der Waals surface area contributed by atoms with Crippen LogP contribution >= 0.6 is 0 Å². The number of benzene rings is 1. The topological polar surface area (TPSA) is 84.9 Å². The second kappa shape index (κ2) is 5.77. The number of aliphatic hydroxyl groups is 1. The minimum Gasteiger partial charge on any atom is -0.486 e. The molecule has 6 nitrogen and oxygen atoms in total. The normalized spacial score (nSPS) is 16.1. The highest BCUT2D eigenvalue weighted by molar-refractivity contribution is 7.89. The van der Waals surface area contributed by atoms with Crippen LogP contribution < -0.4 is 14.2 Å². The predicted molar refractivity (Wildman–Crippen MR) is 68.9 cm³/mol. The Hall–Kier alpha value is -1.31. The molecule has 0 bridgehead atoms. The zero-order valence-corrected chi connectivity index (χ0v) is 11.4. The molecule has 0 saturated carbocycles. The Morgan fingerprint density at radius 2 is 2.00 bits per heavy atom. The van der Waals surface area contributed by atoms with Gasteiger partial charge in [0.15, 0.2) is 11.5 Å². The summed E-state index contributed by atoms with van der Waals surface area (Å²) in [5.41, 5.74) is 0.